The predicted octanol–water partition coefficient (Wildman–Crippen LogP) is 3.12. The molecule has 0 heterocycles. The molecule has 0 aliphatic rings. The Hall–Kier alpha value is -2.38. The Morgan fingerprint density at radius 2 is 1.64 bits per heavy atom. The second kappa shape index (κ2) is 9.19. The number of hydrogen-bond acceptors (Lipinski definition) is 4. The summed E-state index contributed by atoms with van der Waals surface area (Å²) in [6.45, 7) is 2.01. The van der Waals surface area contributed by atoms with E-state index >= 15 is 0 Å². The van der Waals surface area contributed by atoms with Gasteiger partial charge in [0.15, 0.2) is 0 Å². The van der Waals surface area contributed by atoms with E-state index in [1.807, 2.05) is 6.07 Å². The molecule has 0 atom stereocenters. The molecule has 25 heavy (non-hydrogen) atoms. The van der Waals surface area contributed by atoms with Crippen molar-refractivity contribution in [3.8, 4) is 0 Å². The van der Waals surface area contributed by atoms with Crippen LogP contribution in [0.5, 0.6) is 0 Å². The molecule has 0 unspecified atom stereocenters. The molecule has 0 bridgehead atoms. The van der Waals surface area contributed by atoms with Crippen molar-refractivity contribution >= 4 is 12.2 Å². The third-order valence-electron chi connectivity index (χ3n) is 3.06. The van der Waals surface area contributed by atoms with Crippen LogP contribution in [-0.2, 0) is 16.1 Å². The number of nitrogens with one attached hydrogen (secondary N) is 2. The Balaban J connectivity index is 2.55. The van der Waals surface area contributed by atoms with Gasteiger partial charge in [-0.15, -0.1) is 0 Å². The maximum Gasteiger partial charge on any atom is 0.408 e. The normalized spacial score (nSPS) is 11.6. The van der Waals surface area contributed by atoms with Crippen molar-refractivity contribution < 1.29 is 27.8 Å². The summed E-state index contributed by atoms with van der Waals surface area (Å²) in [6, 6.07) is 8.84. The second-order valence-corrected chi connectivity index (χ2v) is 6.59. The number of rotatable bonds is 7. The minimum atomic E-state index is -1.91. The van der Waals surface area contributed by atoms with Crippen LogP contribution in [0.3, 0.4) is 0 Å². The van der Waals surface area contributed by atoms with Crippen molar-refractivity contribution in [1.82, 2.24) is 10.6 Å². The number of carbonyl (C=O) groups excluding carboxylic acids is 2. The van der Waals surface area contributed by atoms with Gasteiger partial charge >= 0.3 is 12.2 Å². The molecule has 0 aliphatic heterocycles. The quantitative estimate of drug-likeness (QED) is 0.785. The van der Waals surface area contributed by atoms with Crippen LogP contribution < -0.4 is 10.6 Å². The summed E-state index contributed by atoms with van der Waals surface area (Å²) in [5.41, 5.74) is -1.93. The Morgan fingerprint density at radius 1 is 1.04 bits per heavy atom. The van der Waals surface area contributed by atoms with E-state index in [-0.39, 0.29) is 6.61 Å². The number of carbonyl (C=O) groups is 2. The maximum absolute atomic E-state index is 13.3. The van der Waals surface area contributed by atoms with Crippen molar-refractivity contribution in [1.29, 1.82) is 0 Å². The van der Waals surface area contributed by atoms with Crippen LogP contribution in [-0.4, -0.2) is 43.2 Å². The largest absolute Gasteiger partial charge is 0.445 e. The first kappa shape index (κ1) is 20.7. The molecule has 1 aromatic carbocycles. The molecule has 1 aromatic rings. The zero-order valence-electron chi connectivity index (χ0n) is 14.6. The first-order valence-corrected chi connectivity index (χ1v) is 7.77. The van der Waals surface area contributed by atoms with E-state index in [0.29, 0.717) is 0 Å². The monoisotopic (exact) mass is 358 g/mol. The molecule has 0 aromatic heterocycles. The molecule has 6 nitrogen and oxygen atoms in total. The Labute approximate surface area is 145 Å². The van der Waals surface area contributed by atoms with Gasteiger partial charge in [-0.25, -0.2) is 18.4 Å². The third-order valence-corrected chi connectivity index (χ3v) is 3.06. The van der Waals surface area contributed by atoms with Gasteiger partial charge in [0.25, 0.3) is 0 Å². The fourth-order valence-electron chi connectivity index (χ4n) is 1.77. The van der Waals surface area contributed by atoms with Crippen molar-refractivity contribution in [2.75, 3.05) is 19.9 Å². The van der Waals surface area contributed by atoms with Gasteiger partial charge in [0.1, 0.15) is 31.1 Å². The SMILES string of the molecule is CC(C)(C)OC(=O)NCC(CF)(CF)NC(=O)OCc1ccccc1. The molecule has 0 aliphatic carbocycles. The summed E-state index contributed by atoms with van der Waals surface area (Å²) in [7, 11) is 0. The number of amides is 2. The third kappa shape index (κ3) is 7.82. The van der Waals surface area contributed by atoms with E-state index in [4.69, 9.17) is 9.47 Å². The van der Waals surface area contributed by atoms with Crippen molar-refractivity contribution in [2.24, 2.45) is 0 Å². The molecule has 0 fully saturated rings. The number of benzene rings is 1. The van der Waals surface area contributed by atoms with Gasteiger partial charge in [-0.3, -0.25) is 0 Å². The van der Waals surface area contributed by atoms with Gasteiger partial charge in [0.05, 0.1) is 0 Å². The number of alkyl carbamates (subject to hydrolysis) is 2. The van der Waals surface area contributed by atoms with E-state index in [2.05, 4.69) is 10.6 Å². The Kier molecular flexibility index (Phi) is 7.60. The number of ether oxygens (including phenoxy) is 2. The highest BCUT2D eigenvalue weighted by Gasteiger charge is 2.34. The Bertz CT molecular complexity index is 558. The van der Waals surface area contributed by atoms with Gasteiger partial charge < -0.3 is 20.1 Å². The lowest BCUT2D eigenvalue weighted by molar-refractivity contribution is 0.0490. The average Bonchev–Trinajstić information content (AvgIpc) is 2.56. The lowest BCUT2D eigenvalue weighted by Gasteiger charge is -2.29. The van der Waals surface area contributed by atoms with E-state index in [9.17, 15) is 18.4 Å². The summed E-state index contributed by atoms with van der Waals surface area (Å²) >= 11 is 0. The Morgan fingerprint density at radius 3 is 2.16 bits per heavy atom. The number of alkyl halides is 2. The highest BCUT2D eigenvalue weighted by atomic mass is 19.1. The minimum Gasteiger partial charge on any atom is -0.445 e. The summed E-state index contributed by atoms with van der Waals surface area (Å²) < 4.78 is 36.6. The standard InChI is InChI=1S/C17H24F2N2O4/c1-16(2,3)25-14(22)20-12-17(10-18,11-19)21-15(23)24-9-13-7-5-4-6-8-13/h4-8H,9-12H2,1-3H3,(H,20,22)(H,21,23). The molecule has 0 saturated carbocycles. The molecule has 1 rings (SSSR count). The molecule has 0 saturated heterocycles. The lowest BCUT2D eigenvalue weighted by atomic mass is 10.0. The highest BCUT2D eigenvalue weighted by Crippen LogP contribution is 2.10. The predicted molar refractivity (Wildman–Crippen MR) is 88.7 cm³/mol. The molecule has 2 N–H and O–H groups in total. The van der Waals surface area contributed by atoms with Crippen molar-refractivity contribution in [2.45, 2.75) is 38.5 Å². The van der Waals surface area contributed by atoms with Gasteiger partial charge in [-0.05, 0) is 26.3 Å². The van der Waals surface area contributed by atoms with Crippen LogP contribution >= 0.6 is 0 Å². The molecular weight excluding hydrogens is 334 g/mol. The fraction of sp³-hybridized carbons (Fsp3) is 0.529. The van der Waals surface area contributed by atoms with Gasteiger partial charge in [-0.1, -0.05) is 30.3 Å². The van der Waals surface area contributed by atoms with Crippen LogP contribution in [0.1, 0.15) is 26.3 Å². The lowest BCUT2D eigenvalue weighted by Crippen LogP contribution is -2.59. The molecule has 8 heteroatoms. The maximum atomic E-state index is 13.3. The molecular formula is C17H24F2N2O4. The van der Waals surface area contributed by atoms with E-state index in [1.165, 1.54) is 0 Å². The summed E-state index contributed by atoms with van der Waals surface area (Å²) in [4.78, 5) is 23.4. The second-order valence-electron chi connectivity index (χ2n) is 6.59. The zero-order valence-corrected chi connectivity index (χ0v) is 14.6. The topological polar surface area (TPSA) is 76.7 Å². The van der Waals surface area contributed by atoms with Crippen LogP contribution in [0.25, 0.3) is 0 Å². The van der Waals surface area contributed by atoms with Gasteiger partial charge in [0.2, 0.25) is 0 Å². The molecule has 0 radical (unpaired) electrons. The van der Waals surface area contributed by atoms with Crippen LogP contribution in [0.4, 0.5) is 18.4 Å². The van der Waals surface area contributed by atoms with Crippen LogP contribution in [0.2, 0.25) is 0 Å². The van der Waals surface area contributed by atoms with E-state index in [0.717, 1.165) is 5.56 Å². The molecule has 2 amide bonds. The highest BCUT2D eigenvalue weighted by molar-refractivity contribution is 5.70. The van der Waals surface area contributed by atoms with Crippen LogP contribution in [0, 0.1) is 0 Å². The average molecular weight is 358 g/mol. The summed E-state index contributed by atoms with van der Waals surface area (Å²) in [6.07, 6.45) is -1.82. The first-order valence-electron chi connectivity index (χ1n) is 7.77. The number of halogens is 2. The van der Waals surface area contributed by atoms with Crippen molar-refractivity contribution in [3.05, 3.63) is 35.9 Å². The van der Waals surface area contributed by atoms with Gasteiger partial charge in [-0.2, -0.15) is 0 Å². The molecule has 140 valence electrons. The summed E-state index contributed by atoms with van der Waals surface area (Å²) in [5, 5.41) is 4.39. The first-order chi connectivity index (χ1) is 11.7. The minimum absolute atomic E-state index is 0.0409. The summed E-state index contributed by atoms with van der Waals surface area (Å²) in [5.74, 6) is 0. The smallest absolute Gasteiger partial charge is 0.408 e. The fourth-order valence-corrected chi connectivity index (χ4v) is 1.77. The van der Waals surface area contributed by atoms with E-state index < -0.39 is 43.2 Å². The van der Waals surface area contributed by atoms with Crippen molar-refractivity contribution in [3.63, 3.8) is 0 Å². The van der Waals surface area contributed by atoms with Crippen LogP contribution in [0.15, 0.2) is 30.3 Å². The zero-order chi connectivity index (χ0) is 18.9. The molecule has 0 spiro atoms. The van der Waals surface area contributed by atoms with E-state index in [1.54, 1.807) is 45.0 Å². The van der Waals surface area contributed by atoms with Gasteiger partial charge in [0, 0.05) is 6.54 Å². The number of hydrogen-bond donors (Lipinski definition) is 2.